The SMILES string of the molecule is O=C(O)C=Cc1ccc(O)c(O)c1.[Zn]. The molecule has 4 nitrogen and oxygen atoms in total. The molecule has 0 amide bonds. The van der Waals surface area contributed by atoms with Gasteiger partial charge in [-0.2, -0.15) is 0 Å². The number of benzene rings is 1. The number of carboxylic acids is 1. The van der Waals surface area contributed by atoms with Gasteiger partial charge in [0.1, 0.15) is 0 Å². The van der Waals surface area contributed by atoms with Crippen LogP contribution in [0.25, 0.3) is 6.08 Å². The molecule has 0 aliphatic rings. The predicted octanol–water partition coefficient (Wildman–Crippen LogP) is 1.19. The van der Waals surface area contributed by atoms with Gasteiger partial charge in [-0.15, -0.1) is 0 Å². The first kappa shape index (κ1) is 12.7. The molecule has 70 valence electrons. The van der Waals surface area contributed by atoms with Gasteiger partial charge in [0.15, 0.2) is 11.5 Å². The van der Waals surface area contributed by atoms with Crippen molar-refractivity contribution in [2.24, 2.45) is 0 Å². The number of hydrogen-bond donors (Lipinski definition) is 3. The van der Waals surface area contributed by atoms with Crippen molar-refractivity contribution in [3.63, 3.8) is 0 Å². The Bertz CT molecular complexity index is 360. The zero-order valence-corrected chi connectivity index (χ0v) is 10.3. The molecule has 14 heavy (non-hydrogen) atoms. The molecular weight excluding hydrogens is 237 g/mol. The van der Waals surface area contributed by atoms with Gasteiger partial charge in [-0.05, 0) is 23.8 Å². The average Bonchev–Trinajstić information content (AvgIpc) is 2.07. The smallest absolute Gasteiger partial charge is 0.328 e. The summed E-state index contributed by atoms with van der Waals surface area (Å²) in [5.41, 5.74) is 0.512. The Morgan fingerprint density at radius 3 is 2.36 bits per heavy atom. The van der Waals surface area contributed by atoms with Gasteiger partial charge < -0.3 is 15.3 Å². The van der Waals surface area contributed by atoms with E-state index >= 15 is 0 Å². The number of hydrogen-bond acceptors (Lipinski definition) is 3. The number of aliphatic carboxylic acids is 1. The molecule has 0 aliphatic heterocycles. The summed E-state index contributed by atoms with van der Waals surface area (Å²) in [6.07, 6.45) is 2.27. The average molecular weight is 246 g/mol. The van der Waals surface area contributed by atoms with E-state index in [0.29, 0.717) is 5.56 Å². The van der Waals surface area contributed by atoms with Gasteiger partial charge in [-0.1, -0.05) is 6.07 Å². The van der Waals surface area contributed by atoms with Crippen LogP contribution < -0.4 is 0 Å². The molecule has 0 spiro atoms. The third kappa shape index (κ3) is 3.58. The number of carboxylic acid groups (broad SMARTS) is 1. The van der Waals surface area contributed by atoms with Gasteiger partial charge in [-0.3, -0.25) is 0 Å². The Kier molecular flexibility index (Phi) is 4.88. The number of phenolic OH excluding ortho intramolecular Hbond substituents is 2. The van der Waals surface area contributed by atoms with E-state index in [4.69, 9.17) is 15.3 Å². The molecule has 1 rings (SSSR count). The van der Waals surface area contributed by atoms with Crippen molar-refractivity contribution in [2.45, 2.75) is 0 Å². The van der Waals surface area contributed by atoms with E-state index in [1.165, 1.54) is 24.3 Å². The Morgan fingerprint density at radius 1 is 1.21 bits per heavy atom. The topological polar surface area (TPSA) is 77.8 Å². The summed E-state index contributed by atoms with van der Waals surface area (Å²) in [6.45, 7) is 0. The molecule has 3 N–H and O–H groups in total. The Morgan fingerprint density at radius 2 is 1.86 bits per heavy atom. The molecule has 0 saturated heterocycles. The van der Waals surface area contributed by atoms with Crippen molar-refractivity contribution < 1.29 is 39.6 Å². The van der Waals surface area contributed by atoms with Crippen molar-refractivity contribution in [2.75, 3.05) is 0 Å². The third-order valence-electron chi connectivity index (χ3n) is 1.42. The Hall–Kier alpha value is -1.35. The fourth-order valence-corrected chi connectivity index (χ4v) is 0.812. The minimum absolute atomic E-state index is 0. The molecule has 0 fully saturated rings. The van der Waals surface area contributed by atoms with E-state index in [9.17, 15) is 4.79 Å². The van der Waals surface area contributed by atoms with Gasteiger partial charge >= 0.3 is 5.97 Å². The number of carbonyl (C=O) groups is 1. The van der Waals surface area contributed by atoms with Crippen LogP contribution in [0.4, 0.5) is 0 Å². The van der Waals surface area contributed by atoms with Crippen LogP contribution in [0.1, 0.15) is 5.56 Å². The van der Waals surface area contributed by atoms with Crippen LogP contribution in [0.5, 0.6) is 11.5 Å². The van der Waals surface area contributed by atoms with Crippen LogP contribution in [-0.4, -0.2) is 21.3 Å². The summed E-state index contributed by atoms with van der Waals surface area (Å²) in [7, 11) is 0. The molecule has 5 heteroatoms. The monoisotopic (exact) mass is 244 g/mol. The van der Waals surface area contributed by atoms with Crippen molar-refractivity contribution >= 4 is 12.0 Å². The molecule has 0 unspecified atom stereocenters. The van der Waals surface area contributed by atoms with E-state index < -0.39 is 5.97 Å². The Labute approximate surface area is 93.3 Å². The Balaban J connectivity index is 0.00000169. The van der Waals surface area contributed by atoms with Crippen molar-refractivity contribution in [3.8, 4) is 11.5 Å². The van der Waals surface area contributed by atoms with Gasteiger partial charge in [0.2, 0.25) is 0 Å². The number of phenols is 2. The third-order valence-corrected chi connectivity index (χ3v) is 1.42. The van der Waals surface area contributed by atoms with Gasteiger partial charge in [0.05, 0.1) is 0 Å². The summed E-state index contributed by atoms with van der Waals surface area (Å²) >= 11 is 0. The van der Waals surface area contributed by atoms with E-state index in [0.717, 1.165) is 6.08 Å². The molecule has 0 radical (unpaired) electrons. The first-order valence-electron chi connectivity index (χ1n) is 3.52. The zero-order chi connectivity index (χ0) is 9.84. The van der Waals surface area contributed by atoms with E-state index in [2.05, 4.69) is 0 Å². The summed E-state index contributed by atoms with van der Waals surface area (Å²) in [5.74, 6) is -1.56. The van der Waals surface area contributed by atoms with Crippen molar-refractivity contribution in [3.05, 3.63) is 29.8 Å². The summed E-state index contributed by atoms with van der Waals surface area (Å²) in [6, 6.07) is 4.06. The van der Waals surface area contributed by atoms with Crippen LogP contribution >= 0.6 is 0 Å². The standard InChI is InChI=1S/C9H8O4.Zn/c10-7-3-1-6(5-8(7)11)2-4-9(12)13;/h1-5,10-11H,(H,12,13);. The molecule has 0 aliphatic carbocycles. The molecule has 0 bridgehead atoms. The zero-order valence-electron chi connectivity index (χ0n) is 7.34. The molecule has 1 aromatic rings. The van der Waals surface area contributed by atoms with E-state index in [1.54, 1.807) is 0 Å². The second kappa shape index (κ2) is 5.40. The summed E-state index contributed by atoms with van der Waals surface area (Å²) < 4.78 is 0. The van der Waals surface area contributed by atoms with Crippen LogP contribution in [0.2, 0.25) is 0 Å². The maximum absolute atomic E-state index is 10.1. The van der Waals surface area contributed by atoms with E-state index in [-0.39, 0.29) is 31.0 Å². The fraction of sp³-hybridized carbons (Fsp3) is 0. The molecule has 0 saturated carbocycles. The fourth-order valence-electron chi connectivity index (χ4n) is 0.812. The molecule has 1 aromatic carbocycles. The molecule has 0 atom stereocenters. The van der Waals surface area contributed by atoms with Crippen LogP contribution in [0.3, 0.4) is 0 Å². The van der Waals surface area contributed by atoms with Crippen molar-refractivity contribution in [1.29, 1.82) is 0 Å². The quantitative estimate of drug-likeness (QED) is 0.416. The maximum Gasteiger partial charge on any atom is 0.328 e. The first-order valence-corrected chi connectivity index (χ1v) is 3.52. The van der Waals surface area contributed by atoms with E-state index in [1.807, 2.05) is 0 Å². The molecule has 0 aromatic heterocycles. The minimum Gasteiger partial charge on any atom is -0.504 e. The van der Waals surface area contributed by atoms with Gasteiger partial charge in [0, 0.05) is 25.6 Å². The largest absolute Gasteiger partial charge is 0.504 e. The summed E-state index contributed by atoms with van der Waals surface area (Å²) in [4.78, 5) is 10.1. The maximum atomic E-state index is 10.1. The van der Waals surface area contributed by atoms with Gasteiger partial charge in [-0.25, -0.2) is 4.79 Å². The van der Waals surface area contributed by atoms with Crippen LogP contribution in [-0.2, 0) is 24.3 Å². The number of aromatic hydroxyl groups is 2. The molecular formula is C9H8O4Zn. The normalized spacial score (nSPS) is 9.71. The molecule has 0 heterocycles. The van der Waals surface area contributed by atoms with Crippen LogP contribution in [0.15, 0.2) is 24.3 Å². The van der Waals surface area contributed by atoms with Crippen LogP contribution in [0, 0.1) is 0 Å². The first-order chi connectivity index (χ1) is 6.09. The predicted molar refractivity (Wildman–Crippen MR) is 46.4 cm³/mol. The second-order valence-corrected chi connectivity index (χ2v) is 2.42. The summed E-state index contributed by atoms with van der Waals surface area (Å²) in [5, 5.41) is 26.3. The van der Waals surface area contributed by atoms with Gasteiger partial charge in [0.25, 0.3) is 0 Å². The number of rotatable bonds is 2. The van der Waals surface area contributed by atoms with Crippen molar-refractivity contribution in [1.82, 2.24) is 0 Å². The second-order valence-electron chi connectivity index (χ2n) is 2.42. The minimum atomic E-state index is -1.06.